The van der Waals surface area contributed by atoms with Crippen LogP contribution in [0.2, 0.25) is 0 Å². The van der Waals surface area contributed by atoms with E-state index in [9.17, 15) is 0 Å². The van der Waals surface area contributed by atoms with E-state index in [2.05, 4.69) is 6.08 Å². The lowest BCUT2D eigenvalue weighted by Crippen LogP contribution is -1.95. The fraction of sp³-hybridized carbons (Fsp3) is 0.222. The van der Waals surface area contributed by atoms with Crippen LogP contribution < -0.4 is 14.2 Å². The smallest absolute Gasteiger partial charge is 0.126 e. The summed E-state index contributed by atoms with van der Waals surface area (Å²) in [5, 5.41) is 0. The van der Waals surface area contributed by atoms with Crippen LogP contribution in [-0.4, -0.2) is 21.3 Å². The van der Waals surface area contributed by atoms with Crippen molar-refractivity contribution >= 4 is 5.57 Å². The Morgan fingerprint density at radius 3 is 2.00 bits per heavy atom. The molecule has 2 rings (SSSR count). The van der Waals surface area contributed by atoms with Gasteiger partial charge < -0.3 is 14.2 Å². The van der Waals surface area contributed by atoms with Gasteiger partial charge in [0.15, 0.2) is 0 Å². The number of allylic oxidation sites excluding steroid dienone is 1. The molecule has 0 saturated carbocycles. The van der Waals surface area contributed by atoms with Gasteiger partial charge in [-0.1, -0.05) is 24.3 Å². The number of hydrogen-bond acceptors (Lipinski definition) is 3. The Hall–Kier alpha value is -2.42. The molecule has 0 fully saturated rings. The van der Waals surface area contributed by atoms with Crippen LogP contribution in [0.5, 0.6) is 17.2 Å². The molecule has 0 N–H and O–H groups in total. The Bertz CT molecular complexity index is 622. The van der Waals surface area contributed by atoms with E-state index in [4.69, 9.17) is 14.2 Å². The van der Waals surface area contributed by atoms with Gasteiger partial charge in [0.2, 0.25) is 0 Å². The molecular weight excluding hydrogens is 264 g/mol. The maximum atomic E-state index is 5.46. The summed E-state index contributed by atoms with van der Waals surface area (Å²) in [6, 6.07) is 13.8. The molecule has 0 amide bonds. The molecule has 0 heterocycles. The van der Waals surface area contributed by atoms with Crippen LogP contribution in [0.25, 0.3) is 5.57 Å². The molecule has 0 unspecified atom stereocenters. The largest absolute Gasteiger partial charge is 0.497 e. The van der Waals surface area contributed by atoms with Crippen LogP contribution in [0.1, 0.15) is 18.1 Å². The number of hydrogen-bond donors (Lipinski definition) is 0. The van der Waals surface area contributed by atoms with Crippen LogP contribution in [0, 0.1) is 0 Å². The second kappa shape index (κ2) is 6.84. The van der Waals surface area contributed by atoms with Crippen molar-refractivity contribution in [3.63, 3.8) is 0 Å². The highest BCUT2D eigenvalue weighted by atomic mass is 16.5. The first kappa shape index (κ1) is 15.0. The lowest BCUT2D eigenvalue weighted by atomic mass is 9.96. The van der Waals surface area contributed by atoms with Crippen molar-refractivity contribution in [3.8, 4) is 17.2 Å². The Morgan fingerprint density at radius 1 is 0.857 bits per heavy atom. The van der Waals surface area contributed by atoms with Gasteiger partial charge in [-0.25, -0.2) is 0 Å². The average Bonchev–Trinajstić information content (AvgIpc) is 2.55. The molecule has 110 valence electrons. The molecule has 3 nitrogen and oxygen atoms in total. The zero-order chi connectivity index (χ0) is 15.2. The van der Waals surface area contributed by atoms with Crippen molar-refractivity contribution in [1.29, 1.82) is 0 Å². The quantitative estimate of drug-likeness (QED) is 0.825. The minimum Gasteiger partial charge on any atom is -0.497 e. The minimum absolute atomic E-state index is 0.763. The molecule has 0 atom stereocenters. The Kier molecular flexibility index (Phi) is 4.88. The van der Waals surface area contributed by atoms with Crippen LogP contribution in [0.15, 0.2) is 48.5 Å². The van der Waals surface area contributed by atoms with Crippen molar-refractivity contribution in [1.82, 2.24) is 0 Å². The molecule has 0 aliphatic carbocycles. The topological polar surface area (TPSA) is 27.7 Å². The molecule has 21 heavy (non-hydrogen) atoms. The first-order valence-corrected chi connectivity index (χ1v) is 6.76. The molecule has 0 radical (unpaired) electrons. The molecule has 2 aromatic rings. The van der Waals surface area contributed by atoms with Crippen molar-refractivity contribution < 1.29 is 14.2 Å². The lowest BCUT2D eigenvalue weighted by Gasteiger charge is -2.14. The zero-order valence-electron chi connectivity index (χ0n) is 12.8. The van der Waals surface area contributed by atoms with E-state index in [1.54, 1.807) is 21.3 Å². The minimum atomic E-state index is 0.763. The molecule has 3 heteroatoms. The average molecular weight is 284 g/mol. The van der Waals surface area contributed by atoms with Crippen LogP contribution in [0.3, 0.4) is 0 Å². The molecule has 0 bridgehead atoms. The Labute approximate surface area is 125 Å². The maximum absolute atomic E-state index is 5.46. The molecule has 0 aromatic heterocycles. The van der Waals surface area contributed by atoms with Crippen molar-refractivity contribution in [3.05, 3.63) is 59.7 Å². The lowest BCUT2D eigenvalue weighted by molar-refractivity contribution is 0.394. The molecule has 0 spiro atoms. The standard InChI is InChI=1S/C18H20O3/c1-5-16(17-8-6-7-9-18(17)21-4)13-10-14(19-2)12-15(11-13)20-3/h5-12H,1-4H3/b16-5-. The van der Waals surface area contributed by atoms with Crippen molar-refractivity contribution in [2.24, 2.45) is 0 Å². The monoisotopic (exact) mass is 284 g/mol. The predicted octanol–water partition coefficient (Wildman–Crippen LogP) is 4.16. The fourth-order valence-corrected chi connectivity index (χ4v) is 2.31. The van der Waals surface area contributed by atoms with E-state index in [1.807, 2.05) is 49.4 Å². The van der Waals surface area contributed by atoms with Gasteiger partial charge in [0, 0.05) is 11.6 Å². The summed E-state index contributed by atoms with van der Waals surface area (Å²) < 4.78 is 16.2. The third-order valence-electron chi connectivity index (χ3n) is 3.35. The highest BCUT2D eigenvalue weighted by Gasteiger charge is 2.12. The van der Waals surface area contributed by atoms with Gasteiger partial charge in [0.05, 0.1) is 21.3 Å². The number of benzene rings is 2. The molecule has 0 aliphatic rings. The summed E-state index contributed by atoms with van der Waals surface area (Å²) in [6.07, 6.45) is 2.06. The summed E-state index contributed by atoms with van der Waals surface area (Å²) in [7, 11) is 4.98. The number of para-hydroxylation sites is 1. The van der Waals surface area contributed by atoms with E-state index in [0.29, 0.717) is 0 Å². The molecule has 0 aliphatic heterocycles. The normalized spacial score (nSPS) is 11.1. The van der Waals surface area contributed by atoms with E-state index < -0.39 is 0 Å². The second-order valence-corrected chi connectivity index (χ2v) is 4.50. The van der Waals surface area contributed by atoms with Gasteiger partial charge in [-0.15, -0.1) is 0 Å². The SMILES string of the molecule is C/C=C(/c1cc(OC)cc(OC)c1)c1ccccc1OC. The maximum Gasteiger partial charge on any atom is 0.126 e. The van der Waals surface area contributed by atoms with Gasteiger partial charge in [-0.3, -0.25) is 0 Å². The summed E-state index contributed by atoms with van der Waals surface area (Å²) in [5.74, 6) is 2.37. The Morgan fingerprint density at radius 2 is 1.48 bits per heavy atom. The third kappa shape index (κ3) is 3.19. The summed E-state index contributed by atoms with van der Waals surface area (Å²) in [5.41, 5.74) is 3.14. The fourth-order valence-electron chi connectivity index (χ4n) is 2.31. The highest BCUT2D eigenvalue weighted by molar-refractivity contribution is 5.83. The van der Waals surface area contributed by atoms with E-state index in [0.717, 1.165) is 33.9 Å². The van der Waals surface area contributed by atoms with Gasteiger partial charge in [0.25, 0.3) is 0 Å². The van der Waals surface area contributed by atoms with Gasteiger partial charge >= 0.3 is 0 Å². The van der Waals surface area contributed by atoms with Gasteiger partial charge in [0.1, 0.15) is 17.2 Å². The first-order valence-electron chi connectivity index (χ1n) is 6.76. The summed E-state index contributed by atoms with van der Waals surface area (Å²) >= 11 is 0. The zero-order valence-corrected chi connectivity index (χ0v) is 12.8. The molecule has 0 saturated heterocycles. The number of rotatable bonds is 5. The van der Waals surface area contributed by atoms with Crippen LogP contribution in [0.4, 0.5) is 0 Å². The van der Waals surface area contributed by atoms with Gasteiger partial charge in [-0.05, 0) is 36.3 Å². The van der Waals surface area contributed by atoms with Gasteiger partial charge in [-0.2, -0.15) is 0 Å². The number of methoxy groups -OCH3 is 3. The van der Waals surface area contributed by atoms with Crippen LogP contribution in [-0.2, 0) is 0 Å². The molecule has 2 aromatic carbocycles. The highest BCUT2D eigenvalue weighted by Crippen LogP contribution is 2.34. The first-order chi connectivity index (χ1) is 10.2. The predicted molar refractivity (Wildman–Crippen MR) is 85.3 cm³/mol. The third-order valence-corrected chi connectivity index (χ3v) is 3.35. The second-order valence-electron chi connectivity index (χ2n) is 4.50. The van der Waals surface area contributed by atoms with E-state index >= 15 is 0 Å². The van der Waals surface area contributed by atoms with Crippen molar-refractivity contribution in [2.75, 3.05) is 21.3 Å². The Balaban J connectivity index is 2.56. The van der Waals surface area contributed by atoms with E-state index in [-0.39, 0.29) is 0 Å². The molecular formula is C18H20O3. The summed E-state index contributed by atoms with van der Waals surface area (Å²) in [6.45, 7) is 2.01. The number of ether oxygens (including phenoxy) is 3. The van der Waals surface area contributed by atoms with Crippen molar-refractivity contribution in [2.45, 2.75) is 6.92 Å². The summed E-state index contributed by atoms with van der Waals surface area (Å²) in [4.78, 5) is 0. The van der Waals surface area contributed by atoms with E-state index in [1.165, 1.54) is 0 Å². The van der Waals surface area contributed by atoms with Crippen LogP contribution >= 0.6 is 0 Å².